The molecule has 2 unspecified atom stereocenters. The minimum atomic E-state index is -0.0909. The van der Waals surface area contributed by atoms with Gasteiger partial charge in [0.15, 0.2) is 0 Å². The Morgan fingerprint density at radius 3 is 2.79 bits per heavy atom. The molecule has 1 fully saturated rings. The van der Waals surface area contributed by atoms with E-state index >= 15 is 0 Å². The fraction of sp³-hybridized carbons (Fsp3) is 0.476. The molecular formula is C21H26N6O2. The lowest BCUT2D eigenvalue weighted by molar-refractivity contribution is -0.131. The normalized spacial score (nSPS) is 20.4. The highest BCUT2D eigenvalue weighted by Crippen LogP contribution is 2.31. The number of likely N-dealkylation sites (tertiary alicyclic amines) is 1. The topological polar surface area (TPSA) is 91.3 Å². The van der Waals surface area contributed by atoms with Crippen molar-refractivity contribution in [1.82, 2.24) is 24.8 Å². The number of nitrogens with zero attached hydrogens (tertiary/aromatic N) is 5. The number of likely N-dealkylation sites (N-methyl/N-ethyl adjacent to an activating group) is 1. The fourth-order valence-corrected chi connectivity index (χ4v) is 4.11. The molecule has 0 bridgehead atoms. The van der Waals surface area contributed by atoms with Gasteiger partial charge in [0.25, 0.3) is 5.91 Å². The summed E-state index contributed by atoms with van der Waals surface area (Å²) in [5.74, 6) is 0.523. The van der Waals surface area contributed by atoms with E-state index in [4.69, 9.17) is 0 Å². The molecule has 29 heavy (non-hydrogen) atoms. The summed E-state index contributed by atoms with van der Waals surface area (Å²) in [4.78, 5) is 41.3. The Morgan fingerprint density at radius 2 is 2.03 bits per heavy atom. The number of hydrogen-bond acceptors (Lipinski definition) is 6. The third kappa shape index (κ3) is 3.92. The van der Waals surface area contributed by atoms with Gasteiger partial charge in [-0.25, -0.2) is 9.97 Å². The first kappa shape index (κ1) is 19.3. The summed E-state index contributed by atoms with van der Waals surface area (Å²) in [5, 5.41) is 3.34. The molecule has 8 nitrogen and oxygen atoms in total. The number of carbonyl (C=O) groups is 2. The van der Waals surface area contributed by atoms with E-state index in [0.717, 1.165) is 25.0 Å². The fourth-order valence-electron chi connectivity index (χ4n) is 4.11. The maximum absolute atomic E-state index is 12.8. The van der Waals surface area contributed by atoms with E-state index in [1.54, 1.807) is 22.2 Å². The van der Waals surface area contributed by atoms with Crippen LogP contribution >= 0.6 is 0 Å². The number of aryl methyl sites for hydroxylation is 1. The number of nitrogens with one attached hydrogen (secondary N) is 1. The van der Waals surface area contributed by atoms with Crippen molar-refractivity contribution in [3.8, 4) is 0 Å². The van der Waals surface area contributed by atoms with Crippen molar-refractivity contribution in [3.63, 3.8) is 0 Å². The van der Waals surface area contributed by atoms with E-state index in [1.807, 2.05) is 26.2 Å². The van der Waals surface area contributed by atoms with E-state index in [9.17, 15) is 9.59 Å². The number of rotatable bonds is 5. The van der Waals surface area contributed by atoms with Crippen LogP contribution in [0, 0.1) is 0 Å². The van der Waals surface area contributed by atoms with Gasteiger partial charge < -0.3 is 15.1 Å². The highest BCUT2D eigenvalue weighted by atomic mass is 16.2. The van der Waals surface area contributed by atoms with Crippen molar-refractivity contribution in [3.05, 3.63) is 47.5 Å². The average molecular weight is 394 g/mol. The maximum Gasteiger partial charge on any atom is 0.257 e. The second-order valence-electron chi connectivity index (χ2n) is 7.62. The van der Waals surface area contributed by atoms with Crippen LogP contribution in [0.25, 0.3) is 0 Å². The van der Waals surface area contributed by atoms with E-state index in [2.05, 4.69) is 26.3 Å². The van der Waals surface area contributed by atoms with Gasteiger partial charge in [-0.15, -0.1) is 0 Å². The zero-order valence-electron chi connectivity index (χ0n) is 16.8. The number of aromatic nitrogens is 3. The third-order valence-corrected chi connectivity index (χ3v) is 5.87. The van der Waals surface area contributed by atoms with Gasteiger partial charge in [0.1, 0.15) is 0 Å². The van der Waals surface area contributed by atoms with Crippen LogP contribution in [0.15, 0.2) is 30.7 Å². The molecular weight excluding hydrogens is 368 g/mol. The number of anilines is 1. The summed E-state index contributed by atoms with van der Waals surface area (Å²) in [5.41, 5.74) is 2.77. The summed E-state index contributed by atoms with van der Waals surface area (Å²) in [6.07, 6.45) is 8.13. The minimum Gasteiger partial charge on any atom is -0.347 e. The van der Waals surface area contributed by atoms with E-state index in [1.165, 1.54) is 5.56 Å². The molecule has 2 amide bonds. The number of hydrogen-bond donors (Lipinski definition) is 1. The van der Waals surface area contributed by atoms with Crippen molar-refractivity contribution in [2.45, 2.75) is 44.7 Å². The van der Waals surface area contributed by atoms with Crippen LogP contribution in [0.5, 0.6) is 0 Å². The molecule has 0 aromatic carbocycles. The predicted octanol–water partition coefficient (Wildman–Crippen LogP) is 2.05. The molecule has 0 spiro atoms. The number of pyridine rings is 1. The largest absolute Gasteiger partial charge is 0.347 e. The molecule has 0 radical (unpaired) electrons. The van der Waals surface area contributed by atoms with Gasteiger partial charge in [-0.3, -0.25) is 14.6 Å². The van der Waals surface area contributed by atoms with Crippen LogP contribution in [-0.2, 0) is 11.2 Å². The second-order valence-corrected chi connectivity index (χ2v) is 7.62. The van der Waals surface area contributed by atoms with Crippen LogP contribution in [0.2, 0.25) is 0 Å². The Kier molecular flexibility index (Phi) is 5.42. The van der Waals surface area contributed by atoms with Crippen molar-refractivity contribution >= 4 is 17.8 Å². The Labute approximate surface area is 170 Å². The number of fused-ring (bicyclic) bond motifs is 1. The lowest BCUT2D eigenvalue weighted by Gasteiger charge is -2.24. The van der Waals surface area contributed by atoms with Crippen LogP contribution in [0.3, 0.4) is 0 Å². The first-order valence-electron chi connectivity index (χ1n) is 10.1. The molecule has 3 heterocycles. The Hall–Kier alpha value is -3.03. The van der Waals surface area contributed by atoms with Crippen molar-refractivity contribution in [2.24, 2.45) is 0 Å². The standard InChI is InChI=1S/C21H26N6O2/c1-3-19(28)26(2)15-8-10-27(13-15)20(29)14-11-23-21(24-12-14)25-18-7-6-17-16(18)5-4-9-22-17/h4-5,9,11-12,15,18H,3,6-8,10,13H2,1-2H3,(H,23,24,25). The van der Waals surface area contributed by atoms with E-state index in [-0.39, 0.29) is 23.9 Å². The van der Waals surface area contributed by atoms with Gasteiger partial charge in [-0.2, -0.15) is 0 Å². The molecule has 2 aliphatic rings. The molecule has 2 atom stereocenters. The van der Waals surface area contributed by atoms with Crippen LogP contribution in [0.4, 0.5) is 5.95 Å². The summed E-state index contributed by atoms with van der Waals surface area (Å²) < 4.78 is 0. The van der Waals surface area contributed by atoms with Crippen LogP contribution in [-0.4, -0.2) is 62.7 Å². The molecule has 0 saturated carbocycles. The van der Waals surface area contributed by atoms with Crippen molar-refractivity contribution < 1.29 is 9.59 Å². The van der Waals surface area contributed by atoms with Gasteiger partial charge in [-0.05, 0) is 30.9 Å². The van der Waals surface area contributed by atoms with Gasteiger partial charge in [0.2, 0.25) is 11.9 Å². The van der Waals surface area contributed by atoms with Gasteiger partial charge >= 0.3 is 0 Å². The third-order valence-electron chi connectivity index (χ3n) is 5.87. The van der Waals surface area contributed by atoms with E-state index < -0.39 is 0 Å². The smallest absolute Gasteiger partial charge is 0.257 e. The lowest BCUT2D eigenvalue weighted by atomic mass is 10.1. The van der Waals surface area contributed by atoms with E-state index in [0.29, 0.717) is 31.0 Å². The summed E-state index contributed by atoms with van der Waals surface area (Å²) in [6.45, 7) is 3.04. The number of amides is 2. The molecule has 1 aliphatic heterocycles. The van der Waals surface area contributed by atoms with Crippen LogP contribution in [0.1, 0.15) is 53.8 Å². The Morgan fingerprint density at radius 1 is 1.24 bits per heavy atom. The predicted molar refractivity (Wildman–Crippen MR) is 108 cm³/mol. The number of carbonyl (C=O) groups excluding carboxylic acids is 2. The van der Waals surface area contributed by atoms with Gasteiger partial charge in [-0.1, -0.05) is 13.0 Å². The first-order chi connectivity index (χ1) is 14.1. The molecule has 1 saturated heterocycles. The Bertz CT molecular complexity index is 900. The zero-order chi connectivity index (χ0) is 20.4. The van der Waals surface area contributed by atoms with Crippen LogP contribution < -0.4 is 5.32 Å². The highest BCUT2D eigenvalue weighted by molar-refractivity contribution is 5.94. The molecule has 2 aromatic rings. The summed E-state index contributed by atoms with van der Waals surface area (Å²) in [7, 11) is 1.81. The quantitative estimate of drug-likeness (QED) is 0.835. The SMILES string of the molecule is CCC(=O)N(C)C1CCN(C(=O)c2cnc(NC3CCc4ncccc43)nc2)C1. The molecule has 1 aliphatic carbocycles. The highest BCUT2D eigenvalue weighted by Gasteiger charge is 2.31. The minimum absolute atomic E-state index is 0.0734. The summed E-state index contributed by atoms with van der Waals surface area (Å²) in [6, 6.07) is 4.24. The first-order valence-corrected chi connectivity index (χ1v) is 10.1. The maximum atomic E-state index is 12.8. The Balaban J connectivity index is 1.37. The molecule has 8 heteroatoms. The van der Waals surface area contributed by atoms with Crippen molar-refractivity contribution in [1.29, 1.82) is 0 Å². The summed E-state index contributed by atoms with van der Waals surface area (Å²) >= 11 is 0. The zero-order valence-corrected chi connectivity index (χ0v) is 16.8. The average Bonchev–Trinajstić information content (AvgIpc) is 3.41. The van der Waals surface area contributed by atoms with Gasteiger partial charge in [0, 0.05) is 50.8 Å². The van der Waals surface area contributed by atoms with Gasteiger partial charge in [0.05, 0.1) is 17.6 Å². The molecule has 1 N–H and O–H groups in total. The second kappa shape index (κ2) is 8.14. The monoisotopic (exact) mass is 394 g/mol. The lowest BCUT2D eigenvalue weighted by Crippen LogP contribution is -2.39. The molecule has 4 rings (SSSR count). The molecule has 2 aromatic heterocycles. The van der Waals surface area contributed by atoms with Crippen molar-refractivity contribution in [2.75, 3.05) is 25.5 Å². The molecule has 152 valence electrons.